The Bertz CT molecular complexity index is 694. The second-order valence-corrected chi connectivity index (χ2v) is 9.87. The number of aliphatic hydroxyl groups is 1. The molecule has 0 aromatic carbocycles. The minimum atomic E-state index is -0.873. The van der Waals surface area contributed by atoms with E-state index in [0.717, 1.165) is 23.4 Å². The van der Waals surface area contributed by atoms with E-state index in [1.165, 1.54) is 6.20 Å². The van der Waals surface area contributed by atoms with Crippen molar-refractivity contribution in [3.8, 4) is 0 Å². The van der Waals surface area contributed by atoms with Crippen LogP contribution in [0.2, 0.25) is 0 Å². The summed E-state index contributed by atoms with van der Waals surface area (Å²) in [4.78, 5) is 34.8. The monoisotopic (exact) mass is 407 g/mol. The first-order valence-electron chi connectivity index (χ1n) is 9.97. The maximum absolute atomic E-state index is 12.7. The van der Waals surface area contributed by atoms with Crippen molar-refractivity contribution in [3.63, 3.8) is 0 Å². The van der Waals surface area contributed by atoms with Crippen LogP contribution < -0.4 is 4.90 Å². The van der Waals surface area contributed by atoms with Crippen LogP contribution in [-0.2, 0) is 9.47 Å². The van der Waals surface area contributed by atoms with Gasteiger partial charge in [-0.3, -0.25) is 4.98 Å². The topological polar surface area (TPSA) is 102 Å². The van der Waals surface area contributed by atoms with E-state index in [9.17, 15) is 14.7 Å². The van der Waals surface area contributed by atoms with E-state index in [1.807, 2.05) is 6.92 Å². The highest BCUT2D eigenvalue weighted by Crippen LogP contribution is 2.37. The van der Waals surface area contributed by atoms with Crippen LogP contribution in [0.4, 0.5) is 15.4 Å². The molecule has 0 aliphatic heterocycles. The van der Waals surface area contributed by atoms with Crippen LogP contribution in [0.3, 0.4) is 0 Å². The molecule has 2 rings (SSSR count). The molecule has 0 radical (unpaired) electrons. The van der Waals surface area contributed by atoms with Gasteiger partial charge in [0.05, 0.1) is 23.7 Å². The van der Waals surface area contributed by atoms with Gasteiger partial charge in [-0.05, 0) is 74.1 Å². The predicted molar refractivity (Wildman–Crippen MR) is 109 cm³/mol. The van der Waals surface area contributed by atoms with E-state index in [2.05, 4.69) is 9.97 Å². The third-order valence-corrected chi connectivity index (χ3v) is 4.52. The fourth-order valence-electron chi connectivity index (χ4n) is 3.07. The number of rotatable bonds is 2. The van der Waals surface area contributed by atoms with Gasteiger partial charge >= 0.3 is 12.2 Å². The Morgan fingerprint density at radius 1 is 1.00 bits per heavy atom. The summed E-state index contributed by atoms with van der Waals surface area (Å²) in [5, 5.41) is 10.1. The van der Waals surface area contributed by atoms with E-state index in [4.69, 9.17) is 9.47 Å². The Balaban J connectivity index is 2.24. The first kappa shape index (κ1) is 23.1. The molecular weight excluding hydrogens is 374 g/mol. The van der Waals surface area contributed by atoms with Crippen LogP contribution in [0.1, 0.15) is 85.8 Å². The normalized spacial score (nSPS) is 22.7. The summed E-state index contributed by atoms with van der Waals surface area (Å²) in [5.41, 5.74) is -1.43. The molecule has 1 aromatic heterocycles. The lowest BCUT2D eigenvalue weighted by Gasteiger charge is -2.32. The summed E-state index contributed by atoms with van der Waals surface area (Å²) in [5.74, 6) is 0.230. The smallest absolute Gasteiger partial charge is 0.425 e. The molecule has 1 fully saturated rings. The molecule has 2 amide bonds. The summed E-state index contributed by atoms with van der Waals surface area (Å²) < 4.78 is 10.7. The molecule has 29 heavy (non-hydrogen) atoms. The molecule has 1 N–H and O–H groups in total. The van der Waals surface area contributed by atoms with Gasteiger partial charge in [0.1, 0.15) is 11.2 Å². The quantitative estimate of drug-likeness (QED) is 0.766. The van der Waals surface area contributed by atoms with Gasteiger partial charge in [0.25, 0.3) is 0 Å². The molecule has 8 heteroatoms. The summed E-state index contributed by atoms with van der Waals surface area (Å²) in [6.45, 7) is 12.1. The maximum atomic E-state index is 12.7. The van der Waals surface area contributed by atoms with Gasteiger partial charge in [-0.15, -0.1) is 0 Å². The molecular formula is C21H33N3O5. The molecule has 0 unspecified atom stereocenters. The number of anilines is 1. The van der Waals surface area contributed by atoms with E-state index in [0.29, 0.717) is 12.8 Å². The largest absolute Gasteiger partial charge is 0.443 e. The number of nitrogens with zero attached hydrogens (tertiary/aromatic N) is 3. The number of imide groups is 1. The average Bonchev–Trinajstić information content (AvgIpc) is 2.52. The Morgan fingerprint density at radius 2 is 1.48 bits per heavy atom. The van der Waals surface area contributed by atoms with Crippen molar-refractivity contribution in [1.82, 2.24) is 9.97 Å². The number of carbonyl (C=O) groups excluding carboxylic acids is 2. The third kappa shape index (κ3) is 6.96. The molecule has 8 nitrogen and oxygen atoms in total. The van der Waals surface area contributed by atoms with Gasteiger partial charge in [-0.2, -0.15) is 4.90 Å². The third-order valence-electron chi connectivity index (χ3n) is 4.52. The number of hydrogen-bond donors (Lipinski definition) is 1. The van der Waals surface area contributed by atoms with Crippen molar-refractivity contribution in [2.45, 2.75) is 96.9 Å². The second kappa shape index (κ2) is 8.26. The number of amides is 2. The Kier molecular flexibility index (Phi) is 6.57. The fourth-order valence-corrected chi connectivity index (χ4v) is 3.07. The summed E-state index contributed by atoms with van der Waals surface area (Å²) in [6, 6.07) is 0. The molecule has 1 aliphatic rings. The molecule has 0 atom stereocenters. The van der Waals surface area contributed by atoms with Crippen LogP contribution in [-0.4, -0.2) is 44.1 Å². The zero-order valence-electron chi connectivity index (χ0n) is 18.5. The summed E-state index contributed by atoms with van der Waals surface area (Å²) in [7, 11) is 0. The van der Waals surface area contributed by atoms with Gasteiger partial charge in [-0.1, -0.05) is 0 Å². The van der Waals surface area contributed by atoms with Crippen LogP contribution in [0.5, 0.6) is 0 Å². The molecule has 162 valence electrons. The minimum Gasteiger partial charge on any atom is -0.443 e. The minimum absolute atomic E-state index is 0.0417. The standard InChI is InChI=1S/C21H33N3O5/c1-19(2,3)28-17(25)24(18(26)29-20(4,5)6)16-13-22-15(12-23-16)14-8-10-21(7,27)11-9-14/h12-14,27H,8-11H2,1-7H3. The number of hydrogen-bond acceptors (Lipinski definition) is 7. The highest BCUT2D eigenvalue weighted by molar-refractivity contribution is 6.08. The zero-order valence-corrected chi connectivity index (χ0v) is 18.5. The Labute approximate surface area is 172 Å². The van der Waals surface area contributed by atoms with Crippen molar-refractivity contribution >= 4 is 18.0 Å². The molecule has 1 aliphatic carbocycles. The molecule has 1 saturated carbocycles. The lowest BCUT2D eigenvalue weighted by Crippen LogP contribution is -2.44. The van der Waals surface area contributed by atoms with Crippen molar-refractivity contribution in [2.75, 3.05) is 4.90 Å². The molecule has 1 aromatic rings. The molecule has 0 bridgehead atoms. The summed E-state index contributed by atoms with van der Waals surface area (Å²) in [6.07, 6.45) is 4.22. The Morgan fingerprint density at radius 3 is 1.86 bits per heavy atom. The number of ether oxygens (including phenoxy) is 2. The van der Waals surface area contributed by atoms with Gasteiger partial charge < -0.3 is 14.6 Å². The van der Waals surface area contributed by atoms with Gasteiger partial charge in [0, 0.05) is 5.92 Å². The lowest BCUT2D eigenvalue weighted by atomic mass is 9.79. The molecule has 0 saturated heterocycles. The number of carbonyl (C=O) groups is 2. The SMILES string of the molecule is CC1(O)CCC(c2cnc(N(C(=O)OC(C)(C)C)C(=O)OC(C)(C)C)cn2)CC1. The van der Waals surface area contributed by atoms with Crippen LogP contribution in [0, 0.1) is 0 Å². The first-order valence-corrected chi connectivity index (χ1v) is 9.97. The average molecular weight is 408 g/mol. The van der Waals surface area contributed by atoms with Crippen molar-refractivity contribution in [1.29, 1.82) is 0 Å². The van der Waals surface area contributed by atoms with E-state index in [-0.39, 0.29) is 11.7 Å². The van der Waals surface area contributed by atoms with Gasteiger partial charge in [0.2, 0.25) is 0 Å². The molecule has 1 heterocycles. The zero-order chi connectivity index (χ0) is 22.0. The van der Waals surface area contributed by atoms with E-state index >= 15 is 0 Å². The first-order chi connectivity index (χ1) is 13.2. The van der Waals surface area contributed by atoms with Crippen LogP contribution in [0.25, 0.3) is 0 Å². The lowest BCUT2D eigenvalue weighted by molar-refractivity contribution is 0.0167. The second-order valence-electron chi connectivity index (χ2n) is 9.87. The van der Waals surface area contributed by atoms with Crippen molar-refractivity contribution < 1.29 is 24.2 Å². The van der Waals surface area contributed by atoms with Crippen LogP contribution in [0.15, 0.2) is 12.4 Å². The predicted octanol–water partition coefficient (Wildman–Crippen LogP) is 4.56. The highest BCUT2D eigenvalue weighted by Gasteiger charge is 2.34. The van der Waals surface area contributed by atoms with Gasteiger partial charge in [0.15, 0.2) is 5.82 Å². The van der Waals surface area contributed by atoms with Crippen LogP contribution >= 0.6 is 0 Å². The maximum Gasteiger partial charge on any atom is 0.425 e. The highest BCUT2D eigenvalue weighted by atomic mass is 16.6. The van der Waals surface area contributed by atoms with Crippen molar-refractivity contribution in [3.05, 3.63) is 18.1 Å². The van der Waals surface area contributed by atoms with E-state index in [1.54, 1.807) is 47.7 Å². The number of aromatic nitrogens is 2. The van der Waals surface area contributed by atoms with E-state index < -0.39 is 29.0 Å². The molecule has 0 spiro atoms. The Hall–Kier alpha value is -2.22. The van der Waals surface area contributed by atoms with Gasteiger partial charge in [-0.25, -0.2) is 14.6 Å². The fraction of sp³-hybridized carbons (Fsp3) is 0.714. The summed E-state index contributed by atoms with van der Waals surface area (Å²) >= 11 is 0. The van der Waals surface area contributed by atoms with Crippen molar-refractivity contribution in [2.24, 2.45) is 0 Å².